The van der Waals surface area contributed by atoms with Crippen LogP contribution in [0.15, 0.2) is 72.0 Å². The number of amides is 1. The molecule has 0 bridgehead atoms. The predicted octanol–water partition coefficient (Wildman–Crippen LogP) is 3.42. The summed E-state index contributed by atoms with van der Waals surface area (Å²) >= 11 is 0. The summed E-state index contributed by atoms with van der Waals surface area (Å²) in [4.78, 5) is 17.4. The van der Waals surface area contributed by atoms with Crippen LogP contribution >= 0.6 is 0 Å². The fourth-order valence-electron chi connectivity index (χ4n) is 4.30. The molecule has 10 heteroatoms. The maximum absolute atomic E-state index is 13.1. The lowest BCUT2D eigenvalue weighted by atomic mass is 9.95. The number of pyridine rings is 1. The van der Waals surface area contributed by atoms with Crippen molar-refractivity contribution < 1.29 is 18.3 Å². The minimum Gasteiger partial charge on any atom is -0.390 e. The van der Waals surface area contributed by atoms with Gasteiger partial charge in [-0.15, -0.1) is 0 Å². The van der Waals surface area contributed by atoms with Crippen LogP contribution in [0.25, 0.3) is 21.9 Å². The highest BCUT2D eigenvalue weighted by Gasteiger charge is 2.34. The highest BCUT2D eigenvalue weighted by Crippen LogP contribution is 2.28. The number of rotatable bonds is 5. The van der Waals surface area contributed by atoms with Crippen LogP contribution in [0.1, 0.15) is 30.1 Å². The van der Waals surface area contributed by atoms with Gasteiger partial charge in [0.15, 0.2) is 0 Å². The molecule has 0 radical (unpaired) electrons. The molecule has 3 heterocycles. The van der Waals surface area contributed by atoms with Crippen LogP contribution in [0.5, 0.6) is 0 Å². The molecule has 1 aliphatic heterocycles. The van der Waals surface area contributed by atoms with E-state index in [-0.39, 0.29) is 23.5 Å². The van der Waals surface area contributed by atoms with Crippen LogP contribution in [0, 0.1) is 0 Å². The summed E-state index contributed by atoms with van der Waals surface area (Å²) in [5.41, 5.74) is 1.33. The molecule has 0 atom stereocenters. The van der Waals surface area contributed by atoms with E-state index < -0.39 is 21.5 Å². The van der Waals surface area contributed by atoms with Gasteiger partial charge in [0.2, 0.25) is 10.0 Å². The van der Waals surface area contributed by atoms with Crippen molar-refractivity contribution in [1.29, 1.82) is 0 Å². The largest absolute Gasteiger partial charge is 0.390 e. The Hall–Kier alpha value is -3.60. The topological polar surface area (TPSA) is 117 Å². The van der Waals surface area contributed by atoms with Crippen molar-refractivity contribution in [3.8, 4) is 11.1 Å². The standard InChI is InChI=1S/C26H27N5O4S/c1-26(33)8-10-31(11-9-26)36(34,35)23-5-3-4-19(13-23)25(32)29-24-14-21-12-18(6-7-20(21)15-27-24)22-16-28-30(2)17-22/h3-7,12-17,33H,8-11H2,1-2H3,(H,27,29,32). The predicted molar refractivity (Wildman–Crippen MR) is 137 cm³/mol. The number of nitrogens with zero attached hydrogens (tertiary/aromatic N) is 4. The normalized spacial score (nSPS) is 16.2. The van der Waals surface area contributed by atoms with Gasteiger partial charge in [-0.25, -0.2) is 13.4 Å². The van der Waals surface area contributed by atoms with Crippen LogP contribution < -0.4 is 5.32 Å². The zero-order valence-electron chi connectivity index (χ0n) is 20.0. The Bertz CT molecular complexity index is 1550. The number of hydrogen-bond acceptors (Lipinski definition) is 6. The minimum atomic E-state index is -3.78. The van der Waals surface area contributed by atoms with Gasteiger partial charge in [0, 0.05) is 49.0 Å². The summed E-state index contributed by atoms with van der Waals surface area (Å²) in [6.45, 7) is 2.17. The lowest BCUT2D eigenvalue weighted by Crippen LogP contribution is -2.45. The number of carbonyl (C=O) groups excluding carboxylic acids is 1. The summed E-state index contributed by atoms with van der Waals surface area (Å²) in [5, 5.41) is 19.0. The summed E-state index contributed by atoms with van der Waals surface area (Å²) in [6, 6.07) is 13.7. The van der Waals surface area contributed by atoms with Crippen LogP contribution in [-0.4, -0.2) is 57.2 Å². The third-order valence-corrected chi connectivity index (χ3v) is 8.43. The molecule has 1 aliphatic rings. The lowest BCUT2D eigenvalue weighted by molar-refractivity contribution is 0.0126. The molecule has 5 rings (SSSR count). The SMILES string of the molecule is Cn1cc(-c2ccc3cnc(NC(=O)c4cccc(S(=O)(=O)N5CCC(C)(O)CC5)c4)cc3c2)cn1. The zero-order chi connectivity index (χ0) is 25.5. The highest BCUT2D eigenvalue weighted by molar-refractivity contribution is 7.89. The van der Waals surface area contributed by atoms with Gasteiger partial charge in [-0.3, -0.25) is 9.48 Å². The second-order valence-corrected chi connectivity index (χ2v) is 11.4. The van der Waals surface area contributed by atoms with Crippen LogP contribution in [-0.2, 0) is 17.1 Å². The Kier molecular flexibility index (Phi) is 6.11. The lowest BCUT2D eigenvalue weighted by Gasteiger charge is -2.35. The number of nitrogens with one attached hydrogen (secondary N) is 1. The Morgan fingerprint density at radius 2 is 1.81 bits per heavy atom. The van der Waals surface area contributed by atoms with Gasteiger partial charge in [0.05, 0.1) is 16.7 Å². The first-order valence-electron chi connectivity index (χ1n) is 11.6. The molecule has 0 spiro atoms. The van der Waals surface area contributed by atoms with Gasteiger partial charge >= 0.3 is 0 Å². The molecule has 2 aromatic heterocycles. The van der Waals surface area contributed by atoms with Crippen molar-refractivity contribution in [2.45, 2.75) is 30.3 Å². The van der Waals surface area contributed by atoms with Crippen LogP contribution in [0.3, 0.4) is 0 Å². The third kappa shape index (κ3) is 4.88. The minimum absolute atomic E-state index is 0.0456. The molecule has 1 amide bonds. The Labute approximate surface area is 209 Å². The number of piperidine rings is 1. The van der Waals surface area contributed by atoms with E-state index in [1.54, 1.807) is 42.2 Å². The summed E-state index contributed by atoms with van der Waals surface area (Å²) < 4.78 is 29.3. The molecular formula is C26H27N5O4S. The summed E-state index contributed by atoms with van der Waals surface area (Å²) in [7, 11) is -1.92. The van der Waals surface area contributed by atoms with E-state index in [0.29, 0.717) is 18.7 Å². The average molecular weight is 506 g/mol. The summed E-state index contributed by atoms with van der Waals surface area (Å²) in [5.74, 6) is -0.0914. The molecule has 4 aromatic rings. The van der Waals surface area contributed by atoms with E-state index in [0.717, 1.165) is 21.9 Å². The molecule has 9 nitrogen and oxygen atoms in total. The average Bonchev–Trinajstić information content (AvgIpc) is 3.29. The van der Waals surface area contributed by atoms with Gasteiger partial charge in [-0.05, 0) is 61.0 Å². The second kappa shape index (κ2) is 9.12. The van der Waals surface area contributed by atoms with Crippen molar-refractivity contribution in [3.63, 3.8) is 0 Å². The molecule has 2 N–H and O–H groups in total. The van der Waals surface area contributed by atoms with E-state index in [1.165, 1.54) is 16.4 Å². The van der Waals surface area contributed by atoms with Crippen molar-refractivity contribution in [3.05, 3.63) is 72.7 Å². The molecule has 1 fully saturated rings. The van der Waals surface area contributed by atoms with Gasteiger partial charge in [0.1, 0.15) is 5.82 Å². The molecule has 0 saturated carbocycles. The monoisotopic (exact) mass is 505 g/mol. The number of hydrogen-bond donors (Lipinski definition) is 2. The number of anilines is 1. The van der Waals surface area contributed by atoms with Crippen LogP contribution in [0.4, 0.5) is 5.82 Å². The number of sulfonamides is 1. The Balaban J connectivity index is 1.36. The number of aliphatic hydroxyl groups is 1. The zero-order valence-corrected chi connectivity index (χ0v) is 20.9. The maximum Gasteiger partial charge on any atom is 0.256 e. The van der Waals surface area contributed by atoms with Crippen molar-refractivity contribution in [2.75, 3.05) is 18.4 Å². The number of aryl methyl sites for hydroxylation is 1. The molecular weight excluding hydrogens is 478 g/mol. The number of aromatic nitrogens is 3. The number of carbonyl (C=O) groups is 1. The van der Waals surface area contributed by atoms with Crippen molar-refractivity contribution >= 4 is 32.5 Å². The van der Waals surface area contributed by atoms with E-state index in [9.17, 15) is 18.3 Å². The number of benzene rings is 2. The second-order valence-electron chi connectivity index (χ2n) is 9.42. The quantitative estimate of drug-likeness (QED) is 0.429. The Morgan fingerprint density at radius 1 is 1.03 bits per heavy atom. The molecule has 1 saturated heterocycles. The molecule has 0 aliphatic carbocycles. The van der Waals surface area contributed by atoms with Crippen molar-refractivity contribution in [1.82, 2.24) is 19.1 Å². The van der Waals surface area contributed by atoms with E-state index in [1.807, 2.05) is 31.4 Å². The van der Waals surface area contributed by atoms with Gasteiger partial charge in [-0.2, -0.15) is 9.40 Å². The van der Waals surface area contributed by atoms with Gasteiger partial charge in [0.25, 0.3) is 5.91 Å². The first kappa shape index (κ1) is 24.1. The fraction of sp³-hybridized carbons (Fsp3) is 0.269. The van der Waals surface area contributed by atoms with E-state index >= 15 is 0 Å². The maximum atomic E-state index is 13.1. The molecule has 36 heavy (non-hydrogen) atoms. The van der Waals surface area contributed by atoms with Crippen LogP contribution in [0.2, 0.25) is 0 Å². The third-order valence-electron chi connectivity index (χ3n) is 6.54. The van der Waals surface area contributed by atoms with Gasteiger partial charge < -0.3 is 10.4 Å². The fourth-order valence-corrected chi connectivity index (χ4v) is 5.79. The summed E-state index contributed by atoms with van der Waals surface area (Å²) in [6.07, 6.45) is 6.13. The van der Waals surface area contributed by atoms with Gasteiger partial charge in [-0.1, -0.05) is 18.2 Å². The first-order valence-corrected chi connectivity index (χ1v) is 13.1. The van der Waals surface area contributed by atoms with Crippen molar-refractivity contribution in [2.24, 2.45) is 7.05 Å². The molecule has 186 valence electrons. The van der Waals surface area contributed by atoms with E-state index in [2.05, 4.69) is 15.4 Å². The highest BCUT2D eigenvalue weighted by atomic mass is 32.2. The first-order chi connectivity index (χ1) is 17.1. The number of fused-ring (bicyclic) bond motifs is 1. The smallest absolute Gasteiger partial charge is 0.256 e. The van der Waals surface area contributed by atoms with E-state index in [4.69, 9.17) is 0 Å². The Morgan fingerprint density at radius 3 is 2.53 bits per heavy atom. The molecule has 2 aromatic carbocycles. The molecule has 0 unspecified atom stereocenters.